The Balaban J connectivity index is 1.56. The number of carboxylic acid groups (broad SMARTS) is 1. The van der Waals surface area contributed by atoms with Crippen LogP contribution < -0.4 is 5.32 Å². The molecule has 2 fully saturated rings. The molecule has 44 heavy (non-hydrogen) atoms. The molecule has 2 heterocycles. The van der Waals surface area contributed by atoms with Crippen molar-refractivity contribution in [2.24, 2.45) is 0 Å². The van der Waals surface area contributed by atoms with Crippen molar-refractivity contribution < 1.29 is 33.5 Å². The van der Waals surface area contributed by atoms with Gasteiger partial charge in [-0.1, -0.05) is 60.7 Å². The number of amides is 3. The minimum Gasteiger partial charge on any atom is -0.465 e. The Kier molecular flexibility index (Phi) is 11.5. The zero-order chi connectivity index (χ0) is 31.7. The molecule has 2 aliphatic heterocycles. The molecule has 0 radical (unpaired) electrons. The van der Waals surface area contributed by atoms with Gasteiger partial charge in [0.25, 0.3) is 0 Å². The molecule has 2 saturated heterocycles. The molecular weight excluding hydrogens is 561 g/mol. The van der Waals surface area contributed by atoms with Gasteiger partial charge in [0.1, 0.15) is 6.04 Å². The highest BCUT2D eigenvalue weighted by Gasteiger charge is 2.54. The van der Waals surface area contributed by atoms with Crippen molar-refractivity contribution in [1.29, 1.82) is 0 Å². The standard InChI is InChI=1S/C33H46BN3O7/c1-32(2)33(3,4)44-34(43-32)28(17-11-16-25-12-7-5-8-13-25)35-30(39)27(24-29(38)36-20-22-42-23-21-36)37(31(40)41)19-18-26-14-9-6-10-15-26/h5-10,12-15,27-28H,11,16-24H2,1-4H3,(H,35,39)(H,40,41)/t27?,28-/m0/s1. The van der Waals surface area contributed by atoms with E-state index in [4.69, 9.17) is 14.0 Å². The van der Waals surface area contributed by atoms with Crippen LogP contribution in [0.4, 0.5) is 4.79 Å². The van der Waals surface area contributed by atoms with E-state index in [1.807, 2.05) is 76.2 Å². The minimum absolute atomic E-state index is 0.0585. The number of hydrogen-bond donors (Lipinski definition) is 2. The summed E-state index contributed by atoms with van der Waals surface area (Å²) in [7, 11) is -0.738. The van der Waals surface area contributed by atoms with Gasteiger partial charge in [-0.2, -0.15) is 0 Å². The fraction of sp³-hybridized carbons (Fsp3) is 0.545. The summed E-state index contributed by atoms with van der Waals surface area (Å²) in [6.45, 7) is 9.49. The highest BCUT2D eigenvalue weighted by Crippen LogP contribution is 2.38. The molecule has 0 spiro atoms. The second-order valence-corrected chi connectivity index (χ2v) is 12.5. The number of morpholine rings is 1. The number of carbonyl (C=O) groups excluding carboxylic acids is 2. The Bertz CT molecular complexity index is 1220. The lowest BCUT2D eigenvalue weighted by Crippen LogP contribution is -2.57. The van der Waals surface area contributed by atoms with E-state index in [0.29, 0.717) is 39.1 Å². The summed E-state index contributed by atoms with van der Waals surface area (Å²) in [6.07, 6.45) is 0.954. The maximum absolute atomic E-state index is 14.1. The number of aryl methyl sites for hydroxylation is 1. The first-order valence-corrected chi connectivity index (χ1v) is 15.6. The zero-order valence-electron chi connectivity index (χ0n) is 26.4. The molecule has 2 aromatic rings. The topological polar surface area (TPSA) is 118 Å². The number of nitrogens with one attached hydrogen (secondary N) is 1. The lowest BCUT2D eigenvalue weighted by molar-refractivity contribution is -0.140. The SMILES string of the molecule is CC1(C)OB([C@H](CCCc2ccccc2)NC(=O)C(CC(=O)N2CCOCC2)N(CCc2ccccc2)C(=O)O)OC1(C)C. The average Bonchev–Trinajstić information content (AvgIpc) is 3.23. The number of carbonyl (C=O) groups is 3. The number of benzene rings is 2. The monoisotopic (exact) mass is 607 g/mol. The van der Waals surface area contributed by atoms with Crippen LogP contribution in [-0.2, 0) is 36.5 Å². The third-order valence-electron chi connectivity index (χ3n) is 8.89. The maximum atomic E-state index is 14.1. The third kappa shape index (κ3) is 8.83. The Hall–Kier alpha value is -3.41. The summed E-state index contributed by atoms with van der Waals surface area (Å²) in [4.78, 5) is 42.8. The Morgan fingerprint density at radius 3 is 2.00 bits per heavy atom. The molecule has 11 heteroatoms. The van der Waals surface area contributed by atoms with Crippen molar-refractivity contribution in [2.75, 3.05) is 32.8 Å². The van der Waals surface area contributed by atoms with Gasteiger partial charge in [0.2, 0.25) is 11.8 Å². The van der Waals surface area contributed by atoms with E-state index in [1.54, 1.807) is 4.90 Å². The molecule has 4 rings (SSSR count). The lowest BCUT2D eigenvalue weighted by atomic mass is 9.75. The van der Waals surface area contributed by atoms with Crippen molar-refractivity contribution in [1.82, 2.24) is 15.1 Å². The Morgan fingerprint density at radius 2 is 1.45 bits per heavy atom. The van der Waals surface area contributed by atoms with Crippen LogP contribution in [0.5, 0.6) is 0 Å². The van der Waals surface area contributed by atoms with Crippen LogP contribution in [0.15, 0.2) is 60.7 Å². The summed E-state index contributed by atoms with van der Waals surface area (Å²) in [5.74, 6) is -1.38. The molecular formula is C33H46BN3O7. The van der Waals surface area contributed by atoms with E-state index in [1.165, 1.54) is 5.56 Å². The van der Waals surface area contributed by atoms with E-state index in [-0.39, 0.29) is 18.9 Å². The highest BCUT2D eigenvalue weighted by atomic mass is 16.7. The van der Waals surface area contributed by atoms with Crippen molar-refractivity contribution in [3.8, 4) is 0 Å². The predicted molar refractivity (Wildman–Crippen MR) is 168 cm³/mol. The molecule has 0 bridgehead atoms. The minimum atomic E-state index is -1.26. The number of nitrogens with zero attached hydrogens (tertiary/aromatic N) is 2. The summed E-state index contributed by atoms with van der Waals surface area (Å²) in [6, 6.07) is 18.3. The van der Waals surface area contributed by atoms with Gasteiger partial charge in [0.05, 0.1) is 36.8 Å². The Labute approximate surface area is 261 Å². The van der Waals surface area contributed by atoms with Gasteiger partial charge in [-0.15, -0.1) is 0 Å². The molecule has 3 amide bonds. The molecule has 2 atom stereocenters. The van der Waals surface area contributed by atoms with Crippen LogP contribution in [0, 0.1) is 0 Å². The third-order valence-corrected chi connectivity index (χ3v) is 8.89. The smallest absolute Gasteiger partial charge is 0.465 e. The molecule has 238 valence electrons. The quantitative estimate of drug-likeness (QED) is 0.331. The van der Waals surface area contributed by atoms with Crippen molar-refractivity contribution >= 4 is 25.0 Å². The molecule has 0 aliphatic carbocycles. The van der Waals surface area contributed by atoms with Crippen LogP contribution in [0.2, 0.25) is 0 Å². The van der Waals surface area contributed by atoms with Gasteiger partial charge < -0.3 is 29.4 Å². The van der Waals surface area contributed by atoms with E-state index >= 15 is 0 Å². The first-order chi connectivity index (χ1) is 21.0. The Morgan fingerprint density at radius 1 is 0.909 bits per heavy atom. The largest absolute Gasteiger partial charge is 0.481 e. The highest BCUT2D eigenvalue weighted by molar-refractivity contribution is 6.48. The van der Waals surface area contributed by atoms with Crippen LogP contribution in [0.25, 0.3) is 0 Å². The van der Waals surface area contributed by atoms with E-state index in [9.17, 15) is 19.5 Å². The molecule has 2 aliphatic rings. The van der Waals surface area contributed by atoms with E-state index < -0.39 is 42.3 Å². The van der Waals surface area contributed by atoms with Crippen molar-refractivity contribution in [2.45, 2.75) is 83.0 Å². The normalized spacial score (nSPS) is 18.8. The van der Waals surface area contributed by atoms with Crippen LogP contribution in [0.1, 0.15) is 58.1 Å². The molecule has 0 aromatic heterocycles. The number of hydrogen-bond acceptors (Lipinski definition) is 6. The van der Waals surface area contributed by atoms with Crippen LogP contribution in [0.3, 0.4) is 0 Å². The first kappa shape index (κ1) is 33.5. The van der Waals surface area contributed by atoms with Crippen LogP contribution in [-0.4, -0.2) is 96.0 Å². The van der Waals surface area contributed by atoms with E-state index in [2.05, 4.69) is 17.4 Å². The average molecular weight is 608 g/mol. The first-order valence-electron chi connectivity index (χ1n) is 15.6. The van der Waals surface area contributed by atoms with Gasteiger partial charge in [-0.25, -0.2) is 4.79 Å². The molecule has 10 nitrogen and oxygen atoms in total. The summed E-state index contributed by atoms with van der Waals surface area (Å²) >= 11 is 0. The summed E-state index contributed by atoms with van der Waals surface area (Å²) in [5.41, 5.74) is 0.884. The maximum Gasteiger partial charge on any atom is 0.481 e. The van der Waals surface area contributed by atoms with Crippen molar-refractivity contribution in [3.05, 3.63) is 71.8 Å². The van der Waals surface area contributed by atoms with E-state index in [0.717, 1.165) is 23.3 Å². The van der Waals surface area contributed by atoms with Crippen LogP contribution >= 0.6 is 0 Å². The van der Waals surface area contributed by atoms with Gasteiger partial charge in [-0.05, 0) is 64.5 Å². The number of ether oxygens (including phenoxy) is 1. The van der Waals surface area contributed by atoms with Gasteiger partial charge >= 0.3 is 13.2 Å². The second-order valence-electron chi connectivity index (χ2n) is 12.5. The fourth-order valence-electron chi connectivity index (χ4n) is 5.51. The fourth-order valence-corrected chi connectivity index (χ4v) is 5.51. The molecule has 0 saturated carbocycles. The molecule has 2 N–H and O–H groups in total. The van der Waals surface area contributed by atoms with Gasteiger partial charge in [-0.3, -0.25) is 14.5 Å². The molecule has 2 aromatic carbocycles. The number of rotatable bonds is 13. The van der Waals surface area contributed by atoms with Crippen molar-refractivity contribution in [3.63, 3.8) is 0 Å². The second kappa shape index (κ2) is 15.1. The molecule has 1 unspecified atom stereocenters. The summed E-state index contributed by atoms with van der Waals surface area (Å²) in [5, 5.41) is 13.4. The lowest BCUT2D eigenvalue weighted by Gasteiger charge is -2.33. The van der Waals surface area contributed by atoms with Gasteiger partial charge in [0, 0.05) is 19.6 Å². The van der Waals surface area contributed by atoms with Gasteiger partial charge in [0.15, 0.2) is 0 Å². The zero-order valence-corrected chi connectivity index (χ0v) is 26.4. The summed E-state index contributed by atoms with van der Waals surface area (Å²) < 4.78 is 18.1. The predicted octanol–water partition coefficient (Wildman–Crippen LogP) is 3.97.